The average Bonchev–Trinajstić information content (AvgIpc) is 3.15. The smallest absolute Gasteiger partial charge is 0.0988 e. The molecule has 2 aromatic carbocycles. The molecule has 0 bridgehead atoms. The summed E-state index contributed by atoms with van der Waals surface area (Å²) in [7, 11) is 0. The van der Waals surface area contributed by atoms with E-state index in [0.29, 0.717) is 6.10 Å². The van der Waals surface area contributed by atoms with E-state index in [9.17, 15) is 0 Å². The Kier molecular flexibility index (Phi) is 1.82. The second-order valence-electron chi connectivity index (χ2n) is 4.60. The Bertz CT molecular complexity index is 641. The van der Waals surface area contributed by atoms with Crippen molar-refractivity contribution < 1.29 is 4.74 Å². The molecule has 1 atom stereocenters. The molecule has 1 fully saturated rings. The van der Waals surface area contributed by atoms with Crippen LogP contribution in [-0.4, -0.2) is 17.3 Å². The van der Waals surface area contributed by atoms with Crippen molar-refractivity contribution in [3.05, 3.63) is 48.5 Å². The normalized spacial score (nSPS) is 18.9. The molecule has 2 heteroatoms. The molecule has 84 valence electrons. The molecule has 0 radical (unpaired) electrons. The highest BCUT2D eigenvalue weighted by molar-refractivity contribution is 6.07. The molecule has 0 amide bonds. The summed E-state index contributed by atoms with van der Waals surface area (Å²) in [6.45, 7) is 1.87. The van der Waals surface area contributed by atoms with Crippen LogP contribution in [0.1, 0.15) is 0 Å². The first-order chi connectivity index (χ1) is 8.43. The van der Waals surface area contributed by atoms with Crippen molar-refractivity contribution in [2.24, 2.45) is 0 Å². The molecule has 0 spiro atoms. The second-order valence-corrected chi connectivity index (χ2v) is 4.60. The van der Waals surface area contributed by atoms with E-state index < -0.39 is 0 Å². The lowest BCUT2D eigenvalue weighted by molar-refractivity contribution is 0.387. The Labute approximate surface area is 99.4 Å². The lowest BCUT2D eigenvalue weighted by Gasteiger charge is -2.04. The molecule has 17 heavy (non-hydrogen) atoms. The number of hydrogen-bond acceptors (Lipinski definition) is 1. The fraction of sp³-hybridized carbons (Fsp3) is 0.200. The van der Waals surface area contributed by atoms with Crippen molar-refractivity contribution in [2.45, 2.75) is 12.6 Å². The molecular weight excluding hydrogens is 210 g/mol. The molecule has 2 heterocycles. The standard InChI is InChI=1S/C15H13NO/c1-3-7-14-12(5-1)13-6-2-4-8-15(13)16(14)9-11-10-17-11/h1-8,11H,9-10H2/t11-/m0/s1. The molecule has 1 saturated heterocycles. The van der Waals surface area contributed by atoms with Gasteiger partial charge in [-0.05, 0) is 12.1 Å². The van der Waals surface area contributed by atoms with E-state index in [1.807, 2.05) is 0 Å². The number of benzene rings is 2. The van der Waals surface area contributed by atoms with Gasteiger partial charge in [-0.3, -0.25) is 0 Å². The molecular formula is C15H13NO. The van der Waals surface area contributed by atoms with Gasteiger partial charge in [0.05, 0.1) is 19.3 Å². The van der Waals surface area contributed by atoms with Crippen LogP contribution in [0.3, 0.4) is 0 Å². The van der Waals surface area contributed by atoms with Crippen molar-refractivity contribution in [3.8, 4) is 0 Å². The van der Waals surface area contributed by atoms with Crippen LogP contribution in [0, 0.1) is 0 Å². The van der Waals surface area contributed by atoms with E-state index in [1.165, 1.54) is 21.8 Å². The molecule has 1 aromatic heterocycles. The lowest BCUT2D eigenvalue weighted by atomic mass is 10.2. The van der Waals surface area contributed by atoms with E-state index in [2.05, 4.69) is 53.1 Å². The van der Waals surface area contributed by atoms with Gasteiger partial charge in [-0.15, -0.1) is 0 Å². The molecule has 1 aliphatic rings. The summed E-state index contributed by atoms with van der Waals surface area (Å²) < 4.78 is 7.74. The van der Waals surface area contributed by atoms with Gasteiger partial charge in [0, 0.05) is 21.8 Å². The molecule has 0 saturated carbocycles. The fourth-order valence-corrected chi connectivity index (χ4v) is 2.58. The molecule has 0 unspecified atom stereocenters. The quantitative estimate of drug-likeness (QED) is 0.610. The molecule has 2 nitrogen and oxygen atoms in total. The zero-order valence-electron chi connectivity index (χ0n) is 9.47. The van der Waals surface area contributed by atoms with E-state index in [4.69, 9.17) is 4.74 Å². The SMILES string of the molecule is c1ccc2c(c1)c1ccccc1n2C[C@H]1CO1. The predicted molar refractivity (Wildman–Crippen MR) is 69.2 cm³/mol. The summed E-state index contributed by atoms with van der Waals surface area (Å²) in [5.74, 6) is 0. The van der Waals surface area contributed by atoms with Gasteiger partial charge in [-0.25, -0.2) is 0 Å². The van der Waals surface area contributed by atoms with Gasteiger partial charge >= 0.3 is 0 Å². The third-order valence-corrected chi connectivity index (χ3v) is 3.47. The number of aromatic nitrogens is 1. The summed E-state index contributed by atoms with van der Waals surface area (Å²) in [6, 6.07) is 17.2. The van der Waals surface area contributed by atoms with Crippen LogP contribution >= 0.6 is 0 Å². The van der Waals surface area contributed by atoms with Gasteiger partial charge in [0.25, 0.3) is 0 Å². The van der Waals surface area contributed by atoms with Crippen LogP contribution in [0.4, 0.5) is 0 Å². The minimum absolute atomic E-state index is 0.411. The first-order valence-electron chi connectivity index (χ1n) is 6.01. The van der Waals surface area contributed by atoms with Crippen LogP contribution in [0.2, 0.25) is 0 Å². The molecule has 1 aliphatic heterocycles. The van der Waals surface area contributed by atoms with Gasteiger partial charge in [-0.2, -0.15) is 0 Å². The predicted octanol–water partition coefficient (Wildman–Crippen LogP) is 3.19. The Morgan fingerprint density at radius 1 is 0.941 bits per heavy atom. The zero-order valence-corrected chi connectivity index (χ0v) is 9.47. The van der Waals surface area contributed by atoms with E-state index >= 15 is 0 Å². The van der Waals surface area contributed by atoms with Crippen LogP contribution in [0.15, 0.2) is 48.5 Å². The number of hydrogen-bond donors (Lipinski definition) is 0. The molecule has 4 rings (SSSR count). The summed E-state index contributed by atoms with van der Waals surface area (Å²) >= 11 is 0. The Morgan fingerprint density at radius 3 is 2.00 bits per heavy atom. The average molecular weight is 223 g/mol. The van der Waals surface area contributed by atoms with Crippen molar-refractivity contribution in [1.82, 2.24) is 4.57 Å². The molecule has 0 N–H and O–H groups in total. The summed E-state index contributed by atoms with van der Waals surface area (Å²) in [4.78, 5) is 0. The zero-order chi connectivity index (χ0) is 11.2. The van der Waals surface area contributed by atoms with Crippen LogP contribution < -0.4 is 0 Å². The Balaban J connectivity index is 2.10. The van der Waals surface area contributed by atoms with Gasteiger partial charge in [0.2, 0.25) is 0 Å². The number of ether oxygens (including phenoxy) is 1. The van der Waals surface area contributed by atoms with Crippen LogP contribution in [-0.2, 0) is 11.3 Å². The van der Waals surface area contributed by atoms with Gasteiger partial charge in [-0.1, -0.05) is 36.4 Å². The summed E-state index contributed by atoms with van der Waals surface area (Å²) in [6.07, 6.45) is 0.411. The topological polar surface area (TPSA) is 17.5 Å². The maximum Gasteiger partial charge on any atom is 0.0988 e. The highest BCUT2D eigenvalue weighted by atomic mass is 16.6. The molecule has 3 aromatic rings. The maximum absolute atomic E-state index is 5.36. The largest absolute Gasteiger partial charge is 0.371 e. The van der Waals surface area contributed by atoms with Crippen molar-refractivity contribution >= 4 is 21.8 Å². The summed E-state index contributed by atoms with van der Waals surface area (Å²) in [5.41, 5.74) is 2.62. The second kappa shape index (κ2) is 3.34. The number of fused-ring (bicyclic) bond motifs is 3. The third-order valence-electron chi connectivity index (χ3n) is 3.47. The molecule has 0 aliphatic carbocycles. The van der Waals surface area contributed by atoms with E-state index in [1.54, 1.807) is 0 Å². The van der Waals surface area contributed by atoms with Gasteiger partial charge in [0.15, 0.2) is 0 Å². The third kappa shape index (κ3) is 1.38. The van der Waals surface area contributed by atoms with Crippen molar-refractivity contribution in [3.63, 3.8) is 0 Å². The highest BCUT2D eigenvalue weighted by Crippen LogP contribution is 2.30. The number of nitrogens with zero attached hydrogens (tertiary/aromatic N) is 1. The lowest BCUT2D eigenvalue weighted by Crippen LogP contribution is -2.03. The first kappa shape index (κ1) is 9.25. The van der Waals surface area contributed by atoms with Crippen LogP contribution in [0.5, 0.6) is 0 Å². The minimum atomic E-state index is 0.411. The van der Waals surface area contributed by atoms with Gasteiger partial charge in [0.1, 0.15) is 0 Å². The van der Waals surface area contributed by atoms with Gasteiger partial charge < -0.3 is 9.30 Å². The van der Waals surface area contributed by atoms with E-state index in [0.717, 1.165) is 13.2 Å². The monoisotopic (exact) mass is 223 g/mol. The number of para-hydroxylation sites is 2. The van der Waals surface area contributed by atoms with E-state index in [-0.39, 0.29) is 0 Å². The Hall–Kier alpha value is -1.80. The number of epoxide rings is 1. The minimum Gasteiger partial charge on any atom is -0.371 e. The fourth-order valence-electron chi connectivity index (χ4n) is 2.58. The van der Waals surface area contributed by atoms with Crippen LogP contribution in [0.25, 0.3) is 21.8 Å². The van der Waals surface area contributed by atoms with Crippen molar-refractivity contribution in [2.75, 3.05) is 6.61 Å². The highest BCUT2D eigenvalue weighted by Gasteiger charge is 2.24. The summed E-state index contributed by atoms with van der Waals surface area (Å²) in [5, 5.41) is 2.67. The maximum atomic E-state index is 5.36. The number of rotatable bonds is 2. The first-order valence-corrected chi connectivity index (χ1v) is 6.01. The Morgan fingerprint density at radius 2 is 1.47 bits per heavy atom. The van der Waals surface area contributed by atoms with Crippen molar-refractivity contribution in [1.29, 1.82) is 0 Å².